The molecular formula is C19H28N2O7S. The number of thioether (sulfide) groups is 1. The van der Waals surface area contributed by atoms with Crippen molar-refractivity contribution in [1.82, 2.24) is 0 Å². The maximum atomic E-state index is 12.0. The van der Waals surface area contributed by atoms with E-state index in [9.17, 15) is 19.5 Å². The monoisotopic (exact) mass is 428 g/mol. The highest BCUT2D eigenvalue weighted by Gasteiger charge is 2.39. The zero-order valence-corrected chi connectivity index (χ0v) is 17.4. The molecule has 1 aromatic carbocycles. The second-order valence-electron chi connectivity index (χ2n) is 6.33. The number of benzene rings is 1. The van der Waals surface area contributed by atoms with Gasteiger partial charge >= 0.3 is 5.97 Å². The van der Waals surface area contributed by atoms with Crippen LogP contribution in [-0.4, -0.2) is 70.8 Å². The Labute approximate surface area is 173 Å². The minimum atomic E-state index is -1.94. The van der Waals surface area contributed by atoms with Crippen LogP contribution in [0.5, 0.6) is 5.75 Å². The second kappa shape index (κ2) is 12.4. The molecular weight excluding hydrogens is 400 g/mol. The Morgan fingerprint density at radius 2 is 1.90 bits per heavy atom. The van der Waals surface area contributed by atoms with Gasteiger partial charge in [-0.2, -0.15) is 11.8 Å². The highest BCUT2D eigenvalue weighted by molar-refractivity contribution is 7.99. The zero-order valence-electron chi connectivity index (χ0n) is 16.6. The van der Waals surface area contributed by atoms with Crippen LogP contribution in [0.25, 0.3) is 0 Å². The molecule has 9 nitrogen and oxygen atoms in total. The summed E-state index contributed by atoms with van der Waals surface area (Å²) in [6.07, 6.45) is -0.580. The van der Waals surface area contributed by atoms with Gasteiger partial charge in [0.15, 0.2) is 11.3 Å². The number of anilines is 1. The minimum Gasteiger partial charge on any atom is -0.491 e. The average molecular weight is 429 g/mol. The SMILES string of the molecule is CCOCC(O)COc1ccc(NC(=O)CCSCC(N)(C(C)=O)C(=O)O)cc1. The summed E-state index contributed by atoms with van der Waals surface area (Å²) in [4.78, 5) is 34.5. The fraction of sp³-hybridized carbons (Fsp3) is 0.526. The summed E-state index contributed by atoms with van der Waals surface area (Å²) in [6, 6.07) is 6.67. The third kappa shape index (κ3) is 8.82. The van der Waals surface area contributed by atoms with Gasteiger partial charge in [0.25, 0.3) is 0 Å². The summed E-state index contributed by atoms with van der Waals surface area (Å²) in [5, 5.41) is 21.4. The molecule has 1 aromatic rings. The van der Waals surface area contributed by atoms with Crippen LogP contribution >= 0.6 is 11.8 Å². The summed E-state index contributed by atoms with van der Waals surface area (Å²) in [6.45, 7) is 3.80. The number of ether oxygens (including phenoxy) is 2. The summed E-state index contributed by atoms with van der Waals surface area (Å²) in [5.74, 6) is -1.49. The third-order valence-corrected chi connectivity index (χ3v) is 5.06. The Balaban J connectivity index is 2.36. The molecule has 0 bridgehead atoms. The van der Waals surface area contributed by atoms with E-state index in [1.165, 1.54) is 0 Å². The Morgan fingerprint density at radius 1 is 1.24 bits per heavy atom. The minimum absolute atomic E-state index is 0.0994. The van der Waals surface area contributed by atoms with Gasteiger partial charge in [-0.05, 0) is 38.1 Å². The van der Waals surface area contributed by atoms with Gasteiger partial charge in [-0.25, -0.2) is 4.79 Å². The average Bonchev–Trinajstić information content (AvgIpc) is 2.68. The number of aliphatic hydroxyl groups excluding tert-OH is 1. The van der Waals surface area contributed by atoms with E-state index in [1.807, 2.05) is 6.92 Å². The number of carboxylic acids is 1. The first-order valence-electron chi connectivity index (χ1n) is 9.08. The number of nitrogens with one attached hydrogen (secondary N) is 1. The van der Waals surface area contributed by atoms with E-state index in [2.05, 4.69) is 5.32 Å². The lowest BCUT2D eigenvalue weighted by molar-refractivity contribution is -0.146. The van der Waals surface area contributed by atoms with Crippen LogP contribution < -0.4 is 15.8 Å². The first-order chi connectivity index (χ1) is 13.7. The van der Waals surface area contributed by atoms with Crippen molar-refractivity contribution >= 4 is 35.1 Å². The van der Waals surface area contributed by atoms with Gasteiger partial charge in [0.05, 0.1) is 6.61 Å². The number of hydrogen-bond acceptors (Lipinski definition) is 8. The molecule has 1 amide bonds. The molecule has 0 saturated heterocycles. The molecule has 0 saturated carbocycles. The maximum Gasteiger partial charge on any atom is 0.332 e. The molecule has 162 valence electrons. The number of carbonyl (C=O) groups excluding carboxylic acids is 2. The fourth-order valence-corrected chi connectivity index (χ4v) is 3.19. The lowest BCUT2D eigenvalue weighted by Crippen LogP contribution is -2.56. The zero-order chi connectivity index (χ0) is 21.9. The van der Waals surface area contributed by atoms with Gasteiger partial charge in [-0.15, -0.1) is 0 Å². The smallest absolute Gasteiger partial charge is 0.332 e. The lowest BCUT2D eigenvalue weighted by atomic mass is 9.99. The summed E-state index contributed by atoms with van der Waals surface area (Å²) >= 11 is 1.13. The van der Waals surface area contributed by atoms with Gasteiger partial charge < -0.3 is 30.7 Å². The molecule has 0 aliphatic carbocycles. The number of carbonyl (C=O) groups is 3. The van der Waals surface area contributed by atoms with E-state index in [4.69, 9.17) is 20.3 Å². The number of nitrogens with two attached hydrogens (primary N) is 1. The Kier molecular flexibility index (Phi) is 10.7. The van der Waals surface area contributed by atoms with E-state index in [0.717, 1.165) is 18.7 Å². The Bertz CT molecular complexity index is 668. The number of aliphatic hydroxyl groups is 1. The van der Waals surface area contributed by atoms with E-state index in [-0.39, 0.29) is 31.3 Å². The van der Waals surface area contributed by atoms with E-state index in [0.29, 0.717) is 23.8 Å². The molecule has 0 heterocycles. The number of amides is 1. The van der Waals surface area contributed by atoms with Crippen LogP contribution in [0.15, 0.2) is 24.3 Å². The van der Waals surface area contributed by atoms with Crippen LogP contribution in [0.3, 0.4) is 0 Å². The molecule has 10 heteroatoms. The van der Waals surface area contributed by atoms with Crippen molar-refractivity contribution in [2.45, 2.75) is 31.9 Å². The van der Waals surface area contributed by atoms with Gasteiger partial charge in [0, 0.05) is 30.2 Å². The van der Waals surface area contributed by atoms with Crippen LogP contribution in [0.1, 0.15) is 20.3 Å². The van der Waals surface area contributed by atoms with Gasteiger partial charge in [0.2, 0.25) is 5.91 Å². The van der Waals surface area contributed by atoms with Crippen molar-refractivity contribution in [2.24, 2.45) is 5.73 Å². The molecule has 5 N–H and O–H groups in total. The predicted molar refractivity (Wildman–Crippen MR) is 110 cm³/mol. The summed E-state index contributed by atoms with van der Waals surface area (Å²) < 4.78 is 10.5. The fourth-order valence-electron chi connectivity index (χ4n) is 2.06. The quantitative estimate of drug-likeness (QED) is 0.250. The number of hydrogen-bond donors (Lipinski definition) is 4. The van der Waals surface area contributed by atoms with Crippen molar-refractivity contribution in [3.63, 3.8) is 0 Å². The highest BCUT2D eigenvalue weighted by Crippen LogP contribution is 2.17. The summed E-state index contributed by atoms with van der Waals surface area (Å²) in [7, 11) is 0. The molecule has 0 aromatic heterocycles. The number of aliphatic carboxylic acids is 1. The molecule has 29 heavy (non-hydrogen) atoms. The predicted octanol–water partition coefficient (Wildman–Crippen LogP) is 0.896. The largest absolute Gasteiger partial charge is 0.491 e. The molecule has 0 radical (unpaired) electrons. The number of carboxylic acid groups (broad SMARTS) is 1. The van der Waals surface area contributed by atoms with Crippen molar-refractivity contribution < 1.29 is 34.1 Å². The van der Waals surface area contributed by atoms with E-state index < -0.39 is 23.4 Å². The van der Waals surface area contributed by atoms with Crippen LogP contribution in [0, 0.1) is 0 Å². The lowest BCUT2D eigenvalue weighted by Gasteiger charge is -2.20. The second-order valence-corrected chi connectivity index (χ2v) is 7.44. The first kappa shape index (κ1) is 24.9. The highest BCUT2D eigenvalue weighted by atomic mass is 32.2. The van der Waals surface area contributed by atoms with Gasteiger partial charge in [-0.1, -0.05) is 0 Å². The van der Waals surface area contributed by atoms with Crippen molar-refractivity contribution in [3.8, 4) is 5.75 Å². The van der Waals surface area contributed by atoms with E-state index >= 15 is 0 Å². The van der Waals surface area contributed by atoms with Crippen molar-refractivity contribution in [2.75, 3.05) is 36.6 Å². The van der Waals surface area contributed by atoms with Crippen LogP contribution in [0.4, 0.5) is 5.69 Å². The molecule has 1 rings (SSSR count). The molecule has 0 spiro atoms. The van der Waals surface area contributed by atoms with Crippen LogP contribution in [-0.2, 0) is 19.1 Å². The van der Waals surface area contributed by atoms with Gasteiger partial charge in [0.1, 0.15) is 18.5 Å². The Hall–Kier alpha value is -2.14. The van der Waals surface area contributed by atoms with Crippen molar-refractivity contribution in [1.29, 1.82) is 0 Å². The van der Waals surface area contributed by atoms with Gasteiger partial charge in [-0.3, -0.25) is 9.59 Å². The standard InChI is InChI=1S/C19H28N2O7S/c1-3-27-10-15(23)11-28-16-6-4-14(5-7-16)21-17(24)8-9-29-12-19(20,13(2)22)18(25)26/h4-7,15,23H,3,8-12,20H2,1-2H3,(H,21,24)(H,25,26). The third-order valence-electron chi connectivity index (χ3n) is 3.91. The van der Waals surface area contributed by atoms with E-state index in [1.54, 1.807) is 24.3 Å². The molecule has 2 atom stereocenters. The Morgan fingerprint density at radius 3 is 2.45 bits per heavy atom. The maximum absolute atomic E-state index is 12.0. The van der Waals surface area contributed by atoms with Crippen molar-refractivity contribution in [3.05, 3.63) is 24.3 Å². The first-order valence-corrected chi connectivity index (χ1v) is 10.2. The normalized spacial score (nSPS) is 13.9. The van der Waals surface area contributed by atoms with Crippen LogP contribution in [0.2, 0.25) is 0 Å². The number of ketones is 1. The summed E-state index contributed by atoms with van der Waals surface area (Å²) in [5.41, 5.74) is 4.24. The molecule has 0 aliphatic heterocycles. The number of Topliss-reactive ketones (excluding diaryl/α,β-unsaturated/α-hetero) is 1. The number of rotatable bonds is 14. The molecule has 0 fully saturated rings. The topological polar surface area (TPSA) is 148 Å². The molecule has 0 aliphatic rings. The molecule has 2 unspecified atom stereocenters.